The van der Waals surface area contributed by atoms with Crippen molar-refractivity contribution in [1.82, 2.24) is 4.98 Å². The summed E-state index contributed by atoms with van der Waals surface area (Å²) in [6.45, 7) is 0. The smallest absolute Gasteiger partial charge is 0.200 e. The number of hydrogen-bond acceptors (Lipinski definition) is 3. The van der Waals surface area contributed by atoms with Gasteiger partial charge in [0.2, 0.25) is 0 Å². The van der Waals surface area contributed by atoms with E-state index in [-0.39, 0.29) is 17.1 Å². The molecule has 0 spiro atoms. The third-order valence-corrected chi connectivity index (χ3v) is 3.68. The Hall–Kier alpha value is -3.01. The number of ketones is 1. The Morgan fingerprint density at radius 3 is 2.71 bits per heavy atom. The van der Waals surface area contributed by atoms with Gasteiger partial charge in [-0.15, -0.1) is 0 Å². The lowest BCUT2D eigenvalue weighted by molar-refractivity contribution is -0.378. The Morgan fingerprint density at radius 1 is 1.00 bits per heavy atom. The number of aromatic nitrogens is 2. The number of carbonyl (C=O) groups excluding carboxylic acids is 1. The monoisotopic (exact) mass is 275 g/mol. The van der Waals surface area contributed by atoms with E-state index in [0.717, 1.165) is 10.9 Å². The third kappa shape index (κ3) is 1.66. The first-order chi connectivity index (χ1) is 10.3. The van der Waals surface area contributed by atoms with Crippen molar-refractivity contribution < 1.29 is 14.9 Å². The second-order valence-electron chi connectivity index (χ2n) is 4.91. The van der Waals surface area contributed by atoms with Gasteiger partial charge in [-0.05, 0) is 12.1 Å². The van der Waals surface area contributed by atoms with Crippen molar-refractivity contribution in [2.75, 3.05) is 0 Å². The third-order valence-electron chi connectivity index (χ3n) is 3.68. The summed E-state index contributed by atoms with van der Waals surface area (Å²) < 4.78 is 0. The van der Waals surface area contributed by atoms with Gasteiger partial charge in [-0.25, -0.2) is 9.97 Å². The summed E-state index contributed by atoms with van der Waals surface area (Å²) in [7, 11) is 0. The normalized spacial score (nSPS) is 13.8. The Kier molecular flexibility index (Phi) is 2.38. The molecule has 2 N–H and O–H groups in total. The van der Waals surface area contributed by atoms with E-state index in [0.29, 0.717) is 16.8 Å². The summed E-state index contributed by atoms with van der Waals surface area (Å²) in [5.41, 5.74) is 2.57. The number of nitrogens with zero attached hydrogens (tertiary/aromatic N) is 1. The molecule has 0 radical (unpaired) electrons. The van der Waals surface area contributed by atoms with Crippen LogP contribution in [0.1, 0.15) is 21.6 Å². The molecule has 0 fully saturated rings. The molecule has 4 rings (SSSR count). The van der Waals surface area contributed by atoms with Crippen molar-refractivity contribution >= 4 is 28.0 Å². The van der Waals surface area contributed by atoms with Crippen LogP contribution in [0.2, 0.25) is 0 Å². The highest BCUT2D eigenvalue weighted by molar-refractivity contribution is 6.38. The van der Waals surface area contributed by atoms with Crippen LogP contribution < -0.4 is 4.98 Å². The quantitative estimate of drug-likeness (QED) is 0.742. The maximum atomic E-state index is 12.5. The fourth-order valence-corrected chi connectivity index (χ4v) is 2.64. The Bertz CT molecular complexity index is 929. The van der Waals surface area contributed by atoms with Crippen LogP contribution in [0.4, 0.5) is 0 Å². The predicted molar refractivity (Wildman–Crippen MR) is 78.5 cm³/mol. The molecule has 21 heavy (non-hydrogen) atoms. The molecule has 100 valence electrons. The molecule has 0 unspecified atom stereocenters. The summed E-state index contributed by atoms with van der Waals surface area (Å²) in [6, 6.07) is 13.0. The molecule has 2 aromatic heterocycles. The van der Waals surface area contributed by atoms with Crippen molar-refractivity contribution in [3.8, 4) is 0 Å². The number of pyridine rings is 2. The van der Waals surface area contributed by atoms with Crippen molar-refractivity contribution in [3.63, 3.8) is 0 Å². The van der Waals surface area contributed by atoms with E-state index in [9.17, 15) is 9.90 Å². The zero-order valence-corrected chi connectivity index (χ0v) is 11.0. The van der Waals surface area contributed by atoms with Crippen molar-refractivity contribution in [2.45, 2.75) is 0 Å². The van der Waals surface area contributed by atoms with Crippen molar-refractivity contribution in [2.24, 2.45) is 0 Å². The molecule has 0 saturated heterocycles. The van der Waals surface area contributed by atoms with Crippen LogP contribution in [0, 0.1) is 0 Å². The summed E-state index contributed by atoms with van der Waals surface area (Å²) in [6.07, 6.45) is 3.29. The van der Waals surface area contributed by atoms with E-state index in [2.05, 4.69) is 9.97 Å². The largest absolute Gasteiger partial charge is 0.506 e. The number of aromatic amines is 1. The molecule has 3 aromatic rings. The van der Waals surface area contributed by atoms with E-state index in [1.165, 1.54) is 0 Å². The van der Waals surface area contributed by atoms with Crippen LogP contribution in [0.25, 0.3) is 22.2 Å². The van der Waals surface area contributed by atoms with Gasteiger partial charge in [0.15, 0.2) is 18.2 Å². The molecule has 4 nitrogen and oxygen atoms in total. The van der Waals surface area contributed by atoms with E-state index in [1.54, 1.807) is 24.5 Å². The number of para-hydroxylation sites is 1. The number of Topliss-reactive ketones (excluding diaryl/α,β-unsaturated/α-hetero) is 1. The molecular weight excluding hydrogens is 264 g/mol. The molecule has 0 amide bonds. The standard InChI is InChI=1S/C17H10N2O2/c20-16-11-7-8-18-9-12(11)17(21)15(16)14-6-5-10-3-1-2-4-13(10)19-14/h1-9,21H/p+1. The lowest BCUT2D eigenvalue weighted by Crippen LogP contribution is -2.04. The first-order valence-electron chi connectivity index (χ1n) is 6.60. The van der Waals surface area contributed by atoms with E-state index < -0.39 is 0 Å². The Balaban J connectivity index is 1.93. The minimum Gasteiger partial charge on any atom is -0.506 e. The van der Waals surface area contributed by atoms with Crippen LogP contribution in [-0.2, 0) is 0 Å². The summed E-state index contributed by atoms with van der Waals surface area (Å²) >= 11 is 0. The zero-order valence-electron chi connectivity index (χ0n) is 11.0. The molecule has 4 heteroatoms. The molecule has 1 aliphatic rings. The first-order valence-corrected chi connectivity index (χ1v) is 6.60. The van der Waals surface area contributed by atoms with Gasteiger partial charge in [0, 0.05) is 17.0 Å². The van der Waals surface area contributed by atoms with Gasteiger partial charge in [-0.2, -0.15) is 0 Å². The minimum absolute atomic E-state index is 0.0189. The van der Waals surface area contributed by atoms with Gasteiger partial charge in [0.1, 0.15) is 5.76 Å². The molecule has 1 aliphatic carbocycles. The summed E-state index contributed by atoms with van der Waals surface area (Å²) in [5, 5.41) is 11.3. The van der Waals surface area contributed by atoms with Gasteiger partial charge in [-0.3, -0.25) is 4.79 Å². The van der Waals surface area contributed by atoms with E-state index >= 15 is 0 Å². The number of allylic oxidation sites excluding steroid dienone is 1. The van der Waals surface area contributed by atoms with Gasteiger partial charge in [-0.1, -0.05) is 24.3 Å². The number of nitrogens with one attached hydrogen (secondary N) is 1. The Morgan fingerprint density at radius 2 is 1.86 bits per heavy atom. The van der Waals surface area contributed by atoms with Crippen molar-refractivity contribution in [3.05, 3.63) is 71.7 Å². The minimum atomic E-state index is -0.195. The number of fused-ring (bicyclic) bond motifs is 2. The highest BCUT2D eigenvalue weighted by Crippen LogP contribution is 2.35. The summed E-state index contributed by atoms with van der Waals surface area (Å²) in [5.74, 6) is -0.214. The maximum Gasteiger partial charge on any atom is 0.200 e. The molecular formula is C17H11N2O2+. The van der Waals surface area contributed by atoms with Gasteiger partial charge in [0.05, 0.1) is 22.3 Å². The van der Waals surface area contributed by atoms with Gasteiger partial charge in [0.25, 0.3) is 0 Å². The van der Waals surface area contributed by atoms with E-state index in [4.69, 9.17) is 0 Å². The molecule has 1 aromatic carbocycles. The molecule has 0 atom stereocenters. The van der Waals surface area contributed by atoms with Crippen LogP contribution >= 0.6 is 0 Å². The fourth-order valence-electron chi connectivity index (χ4n) is 2.64. The molecule has 2 heterocycles. The Labute approximate surface area is 120 Å². The highest BCUT2D eigenvalue weighted by atomic mass is 16.3. The van der Waals surface area contributed by atoms with Crippen LogP contribution in [0.15, 0.2) is 54.9 Å². The molecule has 0 aliphatic heterocycles. The number of aliphatic hydroxyl groups excluding tert-OH is 1. The maximum absolute atomic E-state index is 12.5. The first kappa shape index (κ1) is 11.8. The number of benzene rings is 1. The topological polar surface area (TPSA) is 64.3 Å². The number of hydrogen-bond donors (Lipinski definition) is 1. The predicted octanol–water partition coefficient (Wildman–Crippen LogP) is 2.67. The van der Waals surface area contributed by atoms with Crippen LogP contribution in [-0.4, -0.2) is 15.9 Å². The number of H-pyrrole nitrogens is 1. The average Bonchev–Trinajstić information content (AvgIpc) is 2.79. The molecule has 0 saturated carbocycles. The highest BCUT2D eigenvalue weighted by Gasteiger charge is 2.32. The van der Waals surface area contributed by atoms with Gasteiger partial charge < -0.3 is 5.11 Å². The second-order valence-corrected chi connectivity index (χ2v) is 4.91. The van der Waals surface area contributed by atoms with Crippen LogP contribution in [0.5, 0.6) is 0 Å². The average molecular weight is 275 g/mol. The molecule has 0 bridgehead atoms. The lowest BCUT2D eigenvalue weighted by Gasteiger charge is -2.03. The van der Waals surface area contributed by atoms with E-state index in [1.807, 2.05) is 30.3 Å². The van der Waals surface area contributed by atoms with Crippen LogP contribution in [0.3, 0.4) is 0 Å². The lowest BCUT2D eigenvalue weighted by atomic mass is 10.1. The number of carbonyl (C=O) groups is 1. The SMILES string of the molecule is O=C1C(c2ccc3ccccc3n2)=C(O)c2c[nH+]ccc21. The second kappa shape index (κ2) is 4.24. The summed E-state index contributed by atoms with van der Waals surface area (Å²) in [4.78, 5) is 19.8. The zero-order chi connectivity index (χ0) is 14.4. The van der Waals surface area contributed by atoms with Crippen molar-refractivity contribution in [1.29, 1.82) is 0 Å². The fraction of sp³-hybridized carbons (Fsp3) is 0. The van der Waals surface area contributed by atoms with Gasteiger partial charge >= 0.3 is 0 Å². The number of rotatable bonds is 1. The number of aliphatic hydroxyl groups is 1.